The zero-order valence-electron chi connectivity index (χ0n) is 11.0. The van der Waals surface area contributed by atoms with E-state index in [0.717, 1.165) is 17.0 Å². The maximum Gasteiger partial charge on any atom is 0.104 e. The Kier molecular flexibility index (Phi) is 4.43. The third-order valence-corrected chi connectivity index (χ3v) is 2.86. The first-order chi connectivity index (χ1) is 9.24. The lowest BCUT2D eigenvalue weighted by atomic mass is 10.1. The van der Waals surface area contributed by atoms with Crippen molar-refractivity contribution in [1.29, 1.82) is 0 Å². The second kappa shape index (κ2) is 6.26. The van der Waals surface area contributed by atoms with Crippen LogP contribution in [0.25, 0.3) is 12.2 Å². The number of hydrogen-bond acceptors (Lipinski definition) is 4. The number of rotatable bonds is 5. The normalized spacial score (nSPS) is 11.3. The van der Waals surface area contributed by atoms with Crippen molar-refractivity contribution in [3.05, 3.63) is 46.8 Å². The second-order valence-corrected chi connectivity index (χ2v) is 4.32. The third kappa shape index (κ3) is 3.27. The van der Waals surface area contributed by atoms with Gasteiger partial charge < -0.3 is 10.8 Å². The summed E-state index contributed by atoms with van der Waals surface area (Å²) in [4.78, 5) is 0. The molecule has 0 amide bonds. The monoisotopic (exact) mass is 258 g/mol. The molecule has 5 nitrogen and oxygen atoms in total. The SMILES string of the molecule is Cc1ccc(/C=C/c2c(CN)nnn2CCO)cc1. The Balaban J connectivity index is 2.26. The van der Waals surface area contributed by atoms with Gasteiger partial charge in [0.1, 0.15) is 5.69 Å². The summed E-state index contributed by atoms with van der Waals surface area (Å²) in [7, 11) is 0. The maximum absolute atomic E-state index is 9.00. The number of aryl methyl sites for hydroxylation is 1. The number of hydrogen-bond donors (Lipinski definition) is 2. The van der Waals surface area contributed by atoms with E-state index in [1.54, 1.807) is 4.68 Å². The van der Waals surface area contributed by atoms with E-state index in [0.29, 0.717) is 13.1 Å². The lowest BCUT2D eigenvalue weighted by Gasteiger charge is -2.01. The first-order valence-electron chi connectivity index (χ1n) is 6.22. The van der Waals surface area contributed by atoms with Gasteiger partial charge in [0.05, 0.1) is 18.8 Å². The van der Waals surface area contributed by atoms with Crippen LogP contribution in [0.4, 0.5) is 0 Å². The average Bonchev–Trinajstić information content (AvgIpc) is 2.81. The molecule has 0 bridgehead atoms. The molecule has 0 atom stereocenters. The lowest BCUT2D eigenvalue weighted by molar-refractivity contribution is 0.267. The van der Waals surface area contributed by atoms with Crippen molar-refractivity contribution in [1.82, 2.24) is 15.0 Å². The van der Waals surface area contributed by atoms with Gasteiger partial charge in [-0.1, -0.05) is 41.1 Å². The van der Waals surface area contributed by atoms with Gasteiger partial charge in [-0.05, 0) is 18.6 Å². The highest BCUT2D eigenvalue weighted by Crippen LogP contribution is 2.12. The van der Waals surface area contributed by atoms with Crippen LogP contribution in [-0.4, -0.2) is 26.7 Å². The highest BCUT2D eigenvalue weighted by Gasteiger charge is 2.07. The van der Waals surface area contributed by atoms with Crippen LogP contribution in [0.15, 0.2) is 24.3 Å². The largest absolute Gasteiger partial charge is 0.394 e. The Morgan fingerprint density at radius 1 is 1.26 bits per heavy atom. The van der Waals surface area contributed by atoms with E-state index in [4.69, 9.17) is 10.8 Å². The zero-order chi connectivity index (χ0) is 13.7. The van der Waals surface area contributed by atoms with E-state index in [9.17, 15) is 0 Å². The first kappa shape index (κ1) is 13.5. The van der Waals surface area contributed by atoms with Gasteiger partial charge in [-0.25, -0.2) is 4.68 Å². The summed E-state index contributed by atoms with van der Waals surface area (Å²) < 4.78 is 1.66. The first-order valence-corrected chi connectivity index (χ1v) is 6.22. The summed E-state index contributed by atoms with van der Waals surface area (Å²) in [5.41, 5.74) is 9.55. The molecule has 100 valence electrons. The number of aliphatic hydroxyl groups excluding tert-OH is 1. The molecule has 3 N–H and O–H groups in total. The Hall–Kier alpha value is -1.98. The molecular formula is C14H18N4O. The molecule has 0 radical (unpaired) electrons. The van der Waals surface area contributed by atoms with Crippen molar-refractivity contribution in [3.8, 4) is 0 Å². The Morgan fingerprint density at radius 2 is 2.00 bits per heavy atom. The summed E-state index contributed by atoms with van der Waals surface area (Å²) in [5, 5.41) is 17.0. The van der Waals surface area contributed by atoms with Crippen LogP contribution >= 0.6 is 0 Å². The fourth-order valence-electron chi connectivity index (χ4n) is 1.80. The van der Waals surface area contributed by atoms with Gasteiger partial charge in [-0.2, -0.15) is 0 Å². The molecule has 1 aromatic heterocycles. The average molecular weight is 258 g/mol. The van der Waals surface area contributed by atoms with E-state index >= 15 is 0 Å². The van der Waals surface area contributed by atoms with Gasteiger partial charge in [0, 0.05) is 6.54 Å². The molecule has 0 aliphatic rings. The van der Waals surface area contributed by atoms with Crippen LogP contribution in [0.1, 0.15) is 22.5 Å². The van der Waals surface area contributed by atoms with Crippen molar-refractivity contribution in [3.63, 3.8) is 0 Å². The summed E-state index contributed by atoms with van der Waals surface area (Å²) in [5.74, 6) is 0. The molecule has 1 heterocycles. The quantitative estimate of drug-likeness (QED) is 0.845. The number of aromatic nitrogens is 3. The summed E-state index contributed by atoms with van der Waals surface area (Å²) >= 11 is 0. The third-order valence-electron chi connectivity index (χ3n) is 2.86. The molecule has 0 aliphatic carbocycles. The number of benzene rings is 1. The zero-order valence-corrected chi connectivity index (χ0v) is 11.0. The molecule has 0 spiro atoms. The Labute approximate surface area is 112 Å². The minimum Gasteiger partial charge on any atom is -0.394 e. The van der Waals surface area contributed by atoms with Gasteiger partial charge in [0.15, 0.2) is 0 Å². The molecule has 2 aromatic rings. The summed E-state index contributed by atoms with van der Waals surface area (Å²) in [6.45, 7) is 2.83. The number of nitrogens with zero attached hydrogens (tertiary/aromatic N) is 3. The van der Waals surface area contributed by atoms with Gasteiger partial charge in [-0.15, -0.1) is 5.10 Å². The minimum absolute atomic E-state index is 0.0265. The predicted octanol–water partition coefficient (Wildman–Crippen LogP) is 1.21. The van der Waals surface area contributed by atoms with Crippen LogP contribution < -0.4 is 5.73 Å². The van der Waals surface area contributed by atoms with Crippen LogP contribution in [0.5, 0.6) is 0 Å². The van der Waals surface area contributed by atoms with E-state index in [1.165, 1.54) is 5.56 Å². The fourth-order valence-corrected chi connectivity index (χ4v) is 1.80. The van der Waals surface area contributed by atoms with Crippen molar-refractivity contribution in [2.24, 2.45) is 5.73 Å². The predicted molar refractivity (Wildman–Crippen MR) is 75.1 cm³/mol. The summed E-state index contributed by atoms with van der Waals surface area (Å²) in [6, 6.07) is 8.22. The molecule has 1 aromatic carbocycles. The number of nitrogens with two attached hydrogens (primary N) is 1. The van der Waals surface area contributed by atoms with E-state index in [-0.39, 0.29) is 6.61 Å². The molecule has 0 unspecified atom stereocenters. The fraction of sp³-hybridized carbons (Fsp3) is 0.286. The molecule has 0 saturated carbocycles. The van der Waals surface area contributed by atoms with Crippen molar-refractivity contribution < 1.29 is 5.11 Å². The smallest absolute Gasteiger partial charge is 0.104 e. The molecule has 2 rings (SSSR count). The molecule has 0 aliphatic heterocycles. The van der Waals surface area contributed by atoms with Crippen molar-refractivity contribution >= 4 is 12.2 Å². The lowest BCUT2D eigenvalue weighted by Crippen LogP contribution is -2.07. The van der Waals surface area contributed by atoms with E-state index < -0.39 is 0 Å². The molecule has 5 heteroatoms. The van der Waals surface area contributed by atoms with Crippen molar-refractivity contribution in [2.75, 3.05) is 6.61 Å². The molecular weight excluding hydrogens is 240 g/mol. The van der Waals surface area contributed by atoms with Gasteiger partial charge in [-0.3, -0.25) is 0 Å². The highest BCUT2D eigenvalue weighted by atomic mass is 16.3. The van der Waals surface area contributed by atoms with Gasteiger partial charge >= 0.3 is 0 Å². The molecule has 19 heavy (non-hydrogen) atoms. The molecule has 0 saturated heterocycles. The van der Waals surface area contributed by atoms with Crippen molar-refractivity contribution in [2.45, 2.75) is 20.0 Å². The van der Waals surface area contributed by atoms with Crippen LogP contribution in [0.3, 0.4) is 0 Å². The Morgan fingerprint density at radius 3 is 2.63 bits per heavy atom. The van der Waals surface area contributed by atoms with E-state index in [2.05, 4.69) is 29.4 Å². The van der Waals surface area contributed by atoms with E-state index in [1.807, 2.05) is 24.3 Å². The standard InChI is InChI=1S/C14H18N4O/c1-11-2-4-12(5-3-11)6-7-14-13(10-15)16-17-18(14)8-9-19/h2-7,19H,8-10,15H2,1H3/b7-6+. The Bertz CT molecular complexity index is 557. The maximum atomic E-state index is 9.00. The topological polar surface area (TPSA) is 77.0 Å². The molecule has 0 fully saturated rings. The van der Waals surface area contributed by atoms with Crippen LogP contribution in [-0.2, 0) is 13.1 Å². The second-order valence-electron chi connectivity index (χ2n) is 4.32. The highest BCUT2D eigenvalue weighted by molar-refractivity contribution is 5.69. The van der Waals surface area contributed by atoms with Gasteiger partial charge in [0.25, 0.3) is 0 Å². The van der Waals surface area contributed by atoms with Crippen LogP contribution in [0.2, 0.25) is 0 Å². The minimum atomic E-state index is 0.0265. The van der Waals surface area contributed by atoms with Crippen LogP contribution in [0, 0.1) is 6.92 Å². The summed E-state index contributed by atoms with van der Waals surface area (Å²) in [6.07, 6.45) is 3.92. The number of aliphatic hydroxyl groups is 1. The van der Waals surface area contributed by atoms with Gasteiger partial charge in [0.2, 0.25) is 0 Å².